The third-order valence-corrected chi connectivity index (χ3v) is 6.20. The van der Waals surface area contributed by atoms with E-state index in [0.29, 0.717) is 30.7 Å². The van der Waals surface area contributed by atoms with Gasteiger partial charge >= 0.3 is 5.97 Å². The first-order chi connectivity index (χ1) is 19.2. The van der Waals surface area contributed by atoms with Gasteiger partial charge < -0.3 is 31.5 Å². The number of carbonyl (C=O) groups is 3. The summed E-state index contributed by atoms with van der Waals surface area (Å²) in [6.07, 6.45) is 1.19. The van der Waals surface area contributed by atoms with Crippen LogP contribution in [0, 0.1) is 5.41 Å². The van der Waals surface area contributed by atoms with E-state index in [1.165, 1.54) is 0 Å². The Kier molecular flexibility index (Phi) is 11.2. The Morgan fingerprint density at radius 3 is 2.12 bits per heavy atom. The lowest BCUT2D eigenvalue weighted by atomic mass is 10.0. The smallest absolute Gasteiger partial charge is 0.341 e. The van der Waals surface area contributed by atoms with Crippen molar-refractivity contribution in [1.82, 2.24) is 16.0 Å². The summed E-state index contributed by atoms with van der Waals surface area (Å²) in [7, 11) is 0. The Balaban J connectivity index is 1.57. The van der Waals surface area contributed by atoms with Crippen molar-refractivity contribution < 1.29 is 24.2 Å². The molecule has 210 valence electrons. The molecule has 0 aliphatic carbocycles. The van der Waals surface area contributed by atoms with E-state index in [1.807, 2.05) is 30.3 Å². The molecule has 10 heteroatoms. The molecule has 0 saturated carbocycles. The lowest BCUT2D eigenvalue weighted by Crippen LogP contribution is -2.51. The van der Waals surface area contributed by atoms with Gasteiger partial charge in [-0.25, -0.2) is 4.79 Å². The number of benzene rings is 3. The third kappa shape index (κ3) is 9.88. The molecule has 0 spiro atoms. The molecule has 0 aromatic heterocycles. The van der Waals surface area contributed by atoms with E-state index < -0.39 is 24.7 Å². The van der Waals surface area contributed by atoms with Gasteiger partial charge in [0.25, 0.3) is 0 Å². The minimum atomic E-state index is -1.05. The van der Waals surface area contributed by atoms with E-state index >= 15 is 0 Å². The van der Waals surface area contributed by atoms with Gasteiger partial charge in [0.2, 0.25) is 11.8 Å². The highest BCUT2D eigenvalue weighted by molar-refractivity contribution is 5.95. The molecule has 3 rings (SSSR count). The fraction of sp³-hybridized carbons (Fsp3) is 0.267. The highest BCUT2D eigenvalue weighted by Crippen LogP contribution is 2.13. The summed E-state index contributed by atoms with van der Waals surface area (Å²) in [5.74, 6) is -1.24. The summed E-state index contributed by atoms with van der Waals surface area (Å²) in [4.78, 5) is 36.6. The SMILES string of the molecule is C[C@H](NC(=O)[C@@H](CCc1ccccc1)NCc1ccc(OCC(=O)O)cc1)C(=O)NCc1ccc(C(=N)N)cc1. The van der Waals surface area contributed by atoms with Gasteiger partial charge in [0.05, 0.1) is 6.04 Å². The fourth-order valence-corrected chi connectivity index (χ4v) is 3.90. The number of rotatable bonds is 15. The molecule has 0 aliphatic rings. The fourth-order valence-electron chi connectivity index (χ4n) is 3.90. The number of hydrogen-bond donors (Lipinski definition) is 6. The van der Waals surface area contributed by atoms with Crippen LogP contribution in [-0.2, 0) is 33.9 Å². The first-order valence-corrected chi connectivity index (χ1v) is 12.9. The largest absolute Gasteiger partial charge is 0.482 e. The Bertz CT molecular complexity index is 1280. The van der Waals surface area contributed by atoms with Crippen LogP contribution in [0.4, 0.5) is 0 Å². The zero-order chi connectivity index (χ0) is 28.9. The number of amidine groups is 1. The number of nitrogens with two attached hydrogens (primary N) is 1. The predicted octanol–water partition coefficient (Wildman–Crippen LogP) is 2.35. The van der Waals surface area contributed by atoms with Crippen LogP contribution in [0.5, 0.6) is 5.75 Å². The summed E-state index contributed by atoms with van der Waals surface area (Å²) < 4.78 is 5.17. The lowest BCUT2D eigenvalue weighted by molar-refractivity contribution is -0.139. The van der Waals surface area contributed by atoms with Crippen molar-refractivity contribution in [2.75, 3.05) is 6.61 Å². The quantitative estimate of drug-likeness (QED) is 0.126. The summed E-state index contributed by atoms with van der Waals surface area (Å²) in [6.45, 7) is 1.88. The summed E-state index contributed by atoms with van der Waals surface area (Å²) in [6, 6.07) is 22.5. The van der Waals surface area contributed by atoms with Crippen LogP contribution in [-0.4, -0.2) is 47.4 Å². The van der Waals surface area contributed by atoms with Crippen molar-refractivity contribution in [3.63, 3.8) is 0 Å². The lowest BCUT2D eigenvalue weighted by Gasteiger charge is -2.21. The van der Waals surface area contributed by atoms with Crippen LogP contribution in [0.1, 0.15) is 35.6 Å². The molecule has 10 nitrogen and oxygen atoms in total. The van der Waals surface area contributed by atoms with Crippen molar-refractivity contribution in [3.05, 3.63) is 101 Å². The normalized spacial score (nSPS) is 12.1. The molecule has 2 atom stereocenters. The zero-order valence-corrected chi connectivity index (χ0v) is 22.4. The first-order valence-electron chi connectivity index (χ1n) is 12.9. The van der Waals surface area contributed by atoms with Crippen molar-refractivity contribution in [2.45, 2.75) is 44.9 Å². The van der Waals surface area contributed by atoms with Gasteiger partial charge in [0.15, 0.2) is 6.61 Å². The first kappa shape index (κ1) is 29.9. The Morgan fingerprint density at radius 2 is 1.50 bits per heavy atom. The Labute approximate surface area is 233 Å². The van der Waals surface area contributed by atoms with Crippen LogP contribution >= 0.6 is 0 Å². The number of ether oxygens (including phenoxy) is 1. The van der Waals surface area contributed by atoms with Gasteiger partial charge in [0, 0.05) is 18.7 Å². The van der Waals surface area contributed by atoms with Crippen molar-refractivity contribution in [1.29, 1.82) is 5.41 Å². The van der Waals surface area contributed by atoms with Crippen molar-refractivity contribution in [2.24, 2.45) is 5.73 Å². The molecule has 2 amide bonds. The minimum Gasteiger partial charge on any atom is -0.482 e. The number of hydrogen-bond acceptors (Lipinski definition) is 6. The number of nitrogens with one attached hydrogen (secondary N) is 4. The van der Waals surface area contributed by atoms with Gasteiger partial charge in [-0.15, -0.1) is 0 Å². The van der Waals surface area contributed by atoms with Gasteiger partial charge in [-0.3, -0.25) is 15.0 Å². The molecule has 0 unspecified atom stereocenters. The zero-order valence-electron chi connectivity index (χ0n) is 22.4. The average molecular weight is 546 g/mol. The summed E-state index contributed by atoms with van der Waals surface area (Å²) >= 11 is 0. The number of carbonyl (C=O) groups excluding carboxylic acids is 2. The Morgan fingerprint density at radius 1 is 0.875 bits per heavy atom. The molecule has 7 N–H and O–H groups in total. The molecule has 0 aliphatic heterocycles. The van der Waals surface area contributed by atoms with Gasteiger partial charge in [-0.2, -0.15) is 0 Å². The molecular formula is C30H35N5O5. The number of amides is 2. The van der Waals surface area contributed by atoms with Crippen molar-refractivity contribution >= 4 is 23.6 Å². The van der Waals surface area contributed by atoms with Crippen LogP contribution in [0.3, 0.4) is 0 Å². The van der Waals surface area contributed by atoms with Gasteiger partial charge in [-0.05, 0) is 48.6 Å². The topological polar surface area (TPSA) is 167 Å². The van der Waals surface area contributed by atoms with Crippen LogP contribution < -0.4 is 26.4 Å². The third-order valence-electron chi connectivity index (χ3n) is 6.20. The molecule has 0 bridgehead atoms. The van der Waals surface area contributed by atoms with Crippen LogP contribution in [0.15, 0.2) is 78.9 Å². The van der Waals surface area contributed by atoms with E-state index in [9.17, 15) is 14.4 Å². The number of aryl methyl sites for hydroxylation is 1. The van der Waals surface area contributed by atoms with Crippen LogP contribution in [0.2, 0.25) is 0 Å². The number of carboxylic acid groups (broad SMARTS) is 1. The van der Waals surface area contributed by atoms with Gasteiger partial charge in [0.1, 0.15) is 17.6 Å². The minimum absolute atomic E-state index is 0.0240. The Hall–Kier alpha value is -4.70. The number of nitrogen functional groups attached to an aromatic ring is 1. The second-order valence-electron chi connectivity index (χ2n) is 9.34. The molecule has 40 heavy (non-hydrogen) atoms. The van der Waals surface area contributed by atoms with E-state index in [1.54, 1.807) is 55.5 Å². The molecule has 0 fully saturated rings. The molecular weight excluding hydrogens is 510 g/mol. The molecule has 0 heterocycles. The second kappa shape index (κ2) is 15.0. The van der Waals surface area contributed by atoms with Crippen molar-refractivity contribution in [3.8, 4) is 5.75 Å². The molecule has 0 saturated heterocycles. The van der Waals surface area contributed by atoms with Crippen LogP contribution in [0.25, 0.3) is 0 Å². The van der Waals surface area contributed by atoms with E-state index in [2.05, 4.69) is 16.0 Å². The maximum Gasteiger partial charge on any atom is 0.341 e. The summed E-state index contributed by atoms with van der Waals surface area (Å²) in [5.41, 5.74) is 8.92. The highest BCUT2D eigenvalue weighted by atomic mass is 16.5. The molecule has 3 aromatic rings. The average Bonchev–Trinajstić information content (AvgIpc) is 2.96. The maximum atomic E-state index is 13.2. The monoisotopic (exact) mass is 545 g/mol. The predicted molar refractivity (Wildman–Crippen MR) is 152 cm³/mol. The van der Waals surface area contributed by atoms with E-state index in [0.717, 1.165) is 16.7 Å². The number of carboxylic acids is 1. The van der Waals surface area contributed by atoms with E-state index in [-0.39, 0.29) is 24.2 Å². The molecule has 0 radical (unpaired) electrons. The maximum absolute atomic E-state index is 13.2. The summed E-state index contributed by atoms with van der Waals surface area (Å²) in [5, 5.41) is 25.1. The molecule has 3 aromatic carbocycles. The highest BCUT2D eigenvalue weighted by Gasteiger charge is 2.22. The second-order valence-corrected chi connectivity index (χ2v) is 9.34. The standard InChI is InChI=1S/C30H35N5O5/c1-20(29(38)34-18-22-7-12-24(13-8-22)28(31)32)35-30(39)26(16-11-21-5-3-2-4-6-21)33-17-23-9-14-25(15-10-23)40-19-27(36)37/h2-10,12-15,20,26,33H,11,16-19H2,1H3,(H3,31,32)(H,34,38)(H,35,39)(H,36,37)/t20-,26+/m0/s1. The van der Waals surface area contributed by atoms with E-state index in [4.69, 9.17) is 21.0 Å². The van der Waals surface area contributed by atoms with Gasteiger partial charge in [-0.1, -0.05) is 66.7 Å². The number of aliphatic carboxylic acids is 1.